The fourth-order valence-corrected chi connectivity index (χ4v) is 2.23. The Labute approximate surface area is 102 Å². The van der Waals surface area contributed by atoms with Crippen LogP contribution >= 0.6 is 0 Å². The normalized spacial score (nSPS) is 19.4. The number of aryl methyl sites for hydroxylation is 1. The first-order chi connectivity index (χ1) is 8.26. The summed E-state index contributed by atoms with van der Waals surface area (Å²) in [6, 6.07) is 0. The van der Waals surface area contributed by atoms with E-state index in [1.54, 1.807) is 0 Å². The van der Waals surface area contributed by atoms with Crippen molar-refractivity contribution in [3.63, 3.8) is 0 Å². The highest BCUT2D eigenvalue weighted by molar-refractivity contribution is 4.91. The van der Waals surface area contributed by atoms with Gasteiger partial charge in [0.1, 0.15) is 5.82 Å². The number of nitrogens with zero attached hydrogens (tertiary/aromatic N) is 2. The van der Waals surface area contributed by atoms with Crippen LogP contribution in [0.15, 0.2) is 12.4 Å². The monoisotopic (exact) mass is 239 g/mol. The number of nitrogens with one attached hydrogen (secondary N) is 1. The van der Waals surface area contributed by atoms with Crippen molar-refractivity contribution in [2.45, 2.75) is 31.8 Å². The van der Waals surface area contributed by atoms with Gasteiger partial charge in [-0.1, -0.05) is 0 Å². The minimum Gasteiger partial charge on any atom is -0.394 e. The van der Waals surface area contributed by atoms with Crippen LogP contribution in [0, 0.1) is 6.92 Å². The fraction of sp³-hybridized carbons (Fsp3) is 0.750. The number of aliphatic hydroxyl groups excluding tert-OH is 1. The van der Waals surface area contributed by atoms with Crippen molar-refractivity contribution in [3.05, 3.63) is 18.2 Å². The quantitative estimate of drug-likeness (QED) is 0.777. The third-order valence-corrected chi connectivity index (χ3v) is 3.53. The number of hydrogen-bond donors (Lipinski definition) is 2. The van der Waals surface area contributed by atoms with E-state index in [1.165, 1.54) is 0 Å². The number of rotatable bonds is 5. The molecule has 2 rings (SSSR count). The number of aromatic nitrogens is 2. The molecule has 0 saturated carbocycles. The van der Waals surface area contributed by atoms with Crippen molar-refractivity contribution in [2.75, 3.05) is 26.4 Å². The molecule has 2 N–H and O–H groups in total. The minimum absolute atomic E-state index is 0.146. The van der Waals surface area contributed by atoms with Gasteiger partial charge in [0.05, 0.1) is 6.61 Å². The Hall–Kier alpha value is -0.910. The lowest BCUT2D eigenvalue weighted by atomic mass is 9.91. The van der Waals surface area contributed by atoms with Gasteiger partial charge in [0.25, 0.3) is 0 Å². The van der Waals surface area contributed by atoms with Crippen molar-refractivity contribution in [1.82, 2.24) is 14.9 Å². The number of imidazole rings is 1. The van der Waals surface area contributed by atoms with E-state index in [1.807, 2.05) is 19.3 Å². The Morgan fingerprint density at radius 1 is 1.53 bits per heavy atom. The zero-order valence-corrected chi connectivity index (χ0v) is 10.4. The van der Waals surface area contributed by atoms with Crippen LogP contribution in [0.25, 0.3) is 0 Å². The van der Waals surface area contributed by atoms with Gasteiger partial charge >= 0.3 is 0 Å². The Kier molecular flexibility index (Phi) is 4.15. The molecular formula is C12H21N3O2. The average molecular weight is 239 g/mol. The summed E-state index contributed by atoms with van der Waals surface area (Å²) in [7, 11) is 0. The zero-order chi connectivity index (χ0) is 12.1. The predicted octanol–water partition coefficient (Wildman–Crippen LogP) is 0.323. The zero-order valence-electron chi connectivity index (χ0n) is 10.4. The van der Waals surface area contributed by atoms with Crippen LogP contribution in [0.4, 0.5) is 0 Å². The second-order valence-electron chi connectivity index (χ2n) is 4.65. The molecule has 0 radical (unpaired) electrons. The lowest BCUT2D eigenvalue weighted by Gasteiger charge is -2.36. The molecule has 0 atom stereocenters. The Bertz CT molecular complexity index is 345. The van der Waals surface area contributed by atoms with Crippen LogP contribution in [0.1, 0.15) is 18.7 Å². The van der Waals surface area contributed by atoms with Gasteiger partial charge in [-0.2, -0.15) is 0 Å². The summed E-state index contributed by atoms with van der Waals surface area (Å²) in [5.74, 6) is 1.02. The number of hydrogen-bond acceptors (Lipinski definition) is 4. The number of ether oxygens (including phenoxy) is 1. The summed E-state index contributed by atoms with van der Waals surface area (Å²) >= 11 is 0. The molecule has 17 heavy (non-hydrogen) atoms. The topological polar surface area (TPSA) is 59.3 Å². The maximum absolute atomic E-state index is 9.52. The van der Waals surface area contributed by atoms with Crippen molar-refractivity contribution in [2.24, 2.45) is 0 Å². The fourth-order valence-electron chi connectivity index (χ4n) is 2.23. The maximum Gasteiger partial charge on any atom is 0.105 e. The van der Waals surface area contributed by atoms with Crippen molar-refractivity contribution in [3.8, 4) is 0 Å². The second kappa shape index (κ2) is 5.62. The number of aliphatic hydroxyl groups is 1. The first-order valence-electron chi connectivity index (χ1n) is 6.17. The van der Waals surface area contributed by atoms with Crippen molar-refractivity contribution >= 4 is 0 Å². The van der Waals surface area contributed by atoms with Crippen LogP contribution in [0.3, 0.4) is 0 Å². The van der Waals surface area contributed by atoms with E-state index in [0.29, 0.717) is 0 Å². The molecule has 0 aliphatic carbocycles. The Balaban J connectivity index is 1.82. The molecule has 5 nitrogen and oxygen atoms in total. The van der Waals surface area contributed by atoms with Crippen LogP contribution in [-0.2, 0) is 11.3 Å². The SMILES string of the molecule is Cc1nccn1CCNC1(CO)CCOCC1. The average Bonchev–Trinajstić information content (AvgIpc) is 2.76. The van der Waals surface area contributed by atoms with Gasteiger partial charge in [0.15, 0.2) is 0 Å². The maximum atomic E-state index is 9.52. The molecule has 5 heteroatoms. The van der Waals surface area contributed by atoms with Crippen LogP contribution in [0.2, 0.25) is 0 Å². The third kappa shape index (κ3) is 3.06. The first-order valence-corrected chi connectivity index (χ1v) is 6.17. The highest BCUT2D eigenvalue weighted by Crippen LogP contribution is 2.19. The van der Waals surface area contributed by atoms with E-state index in [9.17, 15) is 5.11 Å². The Morgan fingerprint density at radius 2 is 2.29 bits per heavy atom. The van der Waals surface area contributed by atoms with Gasteiger partial charge in [0, 0.05) is 44.2 Å². The van der Waals surface area contributed by atoms with E-state index in [2.05, 4.69) is 14.9 Å². The van der Waals surface area contributed by atoms with Crippen molar-refractivity contribution in [1.29, 1.82) is 0 Å². The smallest absolute Gasteiger partial charge is 0.105 e. The lowest BCUT2D eigenvalue weighted by molar-refractivity contribution is 0.0118. The minimum atomic E-state index is -0.146. The van der Waals surface area contributed by atoms with E-state index in [-0.39, 0.29) is 12.1 Å². The molecule has 0 aromatic carbocycles. The first kappa shape index (κ1) is 12.5. The summed E-state index contributed by atoms with van der Waals surface area (Å²) in [6.07, 6.45) is 5.55. The van der Waals surface area contributed by atoms with Gasteiger partial charge in [0.2, 0.25) is 0 Å². The van der Waals surface area contributed by atoms with Gasteiger partial charge in [-0.05, 0) is 19.8 Å². The Morgan fingerprint density at radius 3 is 2.88 bits per heavy atom. The van der Waals surface area contributed by atoms with Gasteiger partial charge in [-0.15, -0.1) is 0 Å². The predicted molar refractivity (Wildman–Crippen MR) is 64.8 cm³/mol. The molecule has 1 aromatic rings. The van der Waals surface area contributed by atoms with E-state index < -0.39 is 0 Å². The third-order valence-electron chi connectivity index (χ3n) is 3.53. The molecule has 1 saturated heterocycles. The van der Waals surface area contributed by atoms with Crippen molar-refractivity contribution < 1.29 is 9.84 Å². The van der Waals surface area contributed by atoms with Crippen LogP contribution in [0.5, 0.6) is 0 Å². The summed E-state index contributed by atoms with van der Waals surface area (Å²) < 4.78 is 7.44. The summed E-state index contributed by atoms with van der Waals surface area (Å²) in [5, 5.41) is 13.0. The molecule has 0 amide bonds. The van der Waals surface area contributed by atoms with E-state index in [0.717, 1.165) is 45.0 Å². The summed E-state index contributed by atoms with van der Waals surface area (Å²) in [6.45, 7) is 5.37. The molecule has 0 bridgehead atoms. The molecular weight excluding hydrogens is 218 g/mol. The molecule has 0 unspecified atom stereocenters. The molecule has 1 fully saturated rings. The molecule has 96 valence electrons. The van der Waals surface area contributed by atoms with E-state index in [4.69, 9.17) is 4.74 Å². The molecule has 1 aliphatic heterocycles. The summed E-state index contributed by atoms with van der Waals surface area (Å²) in [4.78, 5) is 4.19. The molecule has 1 aliphatic rings. The molecule has 1 aromatic heterocycles. The second-order valence-corrected chi connectivity index (χ2v) is 4.65. The van der Waals surface area contributed by atoms with Gasteiger partial charge in [-0.25, -0.2) is 4.98 Å². The lowest BCUT2D eigenvalue weighted by Crippen LogP contribution is -2.53. The largest absolute Gasteiger partial charge is 0.394 e. The van der Waals surface area contributed by atoms with Gasteiger partial charge < -0.3 is 19.7 Å². The van der Waals surface area contributed by atoms with Crippen LogP contribution in [-0.4, -0.2) is 46.6 Å². The molecule has 2 heterocycles. The molecule has 0 spiro atoms. The van der Waals surface area contributed by atoms with E-state index >= 15 is 0 Å². The standard InChI is InChI=1S/C12H21N3O2/c1-11-13-4-6-15(11)7-5-14-12(10-16)2-8-17-9-3-12/h4,6,14,16H,2-3,5,7-10H2,1H3. The van der Waals surface area contributed by atoms with Gasteiger partial charge in [-0.3, -0.25) is 0 Å². The van der Waals surface area contributed by atoms with Crippen LogP contribution < -0.4 is 5.32 Å². The highest BCUT2D eigenvalue weighted by atomic mass is 16.5. The highest BCUT2D eigenvalue weighted by Gasteiger charge is 2.30. The summed E-state index contributed by atoms with van der Waals surface area (Å²) in [5.41, 5.74) is -0.146.